The Morgan fingerprint density at radius 3 is 2.44 bits per heavy atom. The highest BCUT2D eigenvalue weighted by Gasteiger charge is 2.62. The lowest BCUT2D eigenvalue weighted by molar-refractivity contribution is -0.145. The predicted octanol–water partition coefficient (Wildman–Crippen LogP) is 3.05. The van der Waals surface area contributed by atoms with Gasteiger partial charge in [0.1, 0.15) is 12.2 Å². The molecule has 0 bridgehead atoms. The van der Waals surface area contributed by atoms with E-state index in [1.54, 1.807) is 0 Å². The molecule has 0 unspecified atom stereocenters. The van der Waals surface area contributed by atoms with Crippen LogP contribution in [0.1, 0.15) is 23.1 Å². The zero-order valence-corrected chi connectivity index (χ0v) is 15.6. The highest BCUT2D eigenvalue weighted by molar-refractivity contribution is 5.85. The number of carbonyl (C=O) groups excluding carboxylic acids is 2. The molecule has 6 heteroatoms. The van der Waals surface area contributed by atoms with Gasteiger partial charge in [-0.05, 0) is 30.5 Å². The Morgan fingerprint density at radius 2 is 1.78 bits per heavy atom. The number of carbonyl (C=O) groups is 2. The van der Waals surface area contributed by atoms with Gasteiger partial charge in [0.05, 0.1) is 19.6 Å². The van der Waals surface area contributed by atoms with Crippen molar-refractivity contribution in [2.45, 2.75) is 31.0 Å². The molecular formula is C21H22N2O4. The molecule has 2 aromatic carbocycles. The number of benzene rings is 2. The number of nitrogens with one attached hydrogen (secondary N) is 1. The van der Waals surface area contributed by atoms with Crippen LogP contribution in [0, 0.1) is 6.92 Å². The maximum Gasteiger partial charge on any atom is 0.411 e. The number of methoxy groups -OCH3 is 2. The van der Waals surface area contributed by atoms with Gasteiger partial charge < -0.3 is 14.8 Å². The van der Waals surface area contributed by atoms with Crippen LogP contribution in [0.3, 0.4) is 0 Å². The van der Waals surface area contributed by atoms with E-state index in [4.69, 9.17) is 9.47 Å². The molecule has 0 aromatic heterocycles. The maximum absolute atomic E-state index is 12.6. The van der Waals surface area contributed by atoms with Gasteiger partial charge in [0.25, 0.3) is 0 Å². The molecule has 1 saturated heterocycles. The number of nitrogens with zero attached hydrogens (tertiary/aromatic N) is 1. The lowest BCUT2D eigenvalue weighted by Gasteiger charge is -2.32. The van der Waals surface area contributed by atoms with E-state index in [-0.39, 0.29) is 0 Å². The van der Waals surface area contributed by atoms with Gasteiger partial charge in [-0.15, -0.1) is 0 Å². The number of hydrogen-bond acceptors (Lipinski definition) is 5. The molecule has 1 N–H and O–H groups in total. The second-order valence-electron chi connectivity index (χ2n) is 7.05. The summed E-state index contributed by atoms with van der Waals surface area (Å²) in [5.41, 5.74) is 3.67. The van der Waals surface area contributed by atoms with Crippen molar-refractivity contribution in [1.82, 2.24) is 4.90 Å². The molecule has 140 valence electrons. The Labute approximate surface area is 158 Å². The average molecular weight is 366 g/mol. The minimum absolute atomic E-state index is 0.423. The lowest BCUT2D eigenvalue weighted by atomic mass is 9.72. The molecule has 2 heterocycles. The van der Waals surface area contributed by atoms with Gasteiger partial charge in [0, 0.05) is 5.69 Å². The third kappa shape index (κ3) is 2.40. The molecule has 0 aliphatic carbocycles. The topological polar surface area (TPSA) is 67.9 Å². The molecule has 2 aliphatic heterocycles. The first-order valence-corrected chi connectivity index (χ1v) is 8.90. The van der Waals surface area contributed by atoms with Gasteiger partial charge in [-0.3, -0.25) is 4.90 Å². The molecule has 1 amide bonds. The van der Waals surface area contributed by atoms with Crippen molar-refractivity contribution >= 4 is 17.7 Å². The van der Waals surface area contributed by atoms with Gasteiger partial charge in [-0.25, -0.2) is 9.59 Å². The number of esters is 1. The molecule has 27 heavy (non-hydrogen) atoms. The Bertz CT molecular complexity index is 895. The summed E-state index contributed by atoms with van der Waals surface area (Å²) in [5.74, 6) is -0.444. The molecule has 3 atom stereocenters. The van der Waals surface area contributed by atoms with Crippen LogP contribution in [0.15, 0.2) is 48.5 Å². The normalized spacial score (nSPS) is 25.4. The smallest absolute Gasteiger partial charge is 0.411 e. The van der Waals surface area contributed by atoms with Crippen LogP contribution in [-0.2, 0) is 19.7 Å². The number of amides is 1. The number of para-hydroxylation sites is 1. The van der Waals surface area contributed by atoms with Crippen molar-refractivity contribution in [3.05, 3.63) is 65.2 Å². The van der Waals surface area contributed by atoms with E-state index in [1.807, 2.05) is 25.1 Å². The summed E-state index contributed by atoms with van der Waals surface area (Å²) in [4.78, 5) is 26.6. The highest BCUT2D eigenvalue weighted by Crippen LogP contribution is 2.54. The van der Waals surface area contributed by atoms with Gasteiger partial charge in [0.2, 0.25) is 0 Å². The van der Waals surface area contributed by atoms with Crippen molar-refractivity contribution in [3.8, 4) is 0 Å². The Hall–Kier alpha value is -3.02. The van der Waals surface area contributed by atoms with Gasteiger partial charge in [-0.2, -0.15) is 0 Å². The quantitative estimate of drug-likeness (QED) is 0.828. The summed E-state index contributed by atoms with van der Waals surface area (Å²) >= 11 is 0. The summed E-state index contributed by atoms with van der Waals surface area (Å²) in [6.07, 6.45) is -0.564. The summed E-state index contributed by atoms with van der Waals surface area (Å²) in [7, 11) is 2.66. The van der Waals surface area contributed by atoms with Crippen LogP contribution in [0.4, 0.5) is 10.5 Å². The van der Waals surface area contributed by atoms with Gasteiger partial charge in [0.15, 0.2) is 0 Å². The Kier molecular flexibility index (Phi) is 4.06. The Balaban J connectivity index is 1.93. The lowest BCUT2D eigenvalue weighted by Crippen LogP contribution is -2.50. The molecular weight excluding hydrogens is 344 g/mol. The number of hydrogen-bond donors (Lipinski definition) is 1. The number of fused-ring (bicyclic) bond motifs is 3. The Morgan fingerprint density at radius 1 is 1.07 bits per heavy atom. The molecule has 1 fully saturated rings. The fourth-order valence-electron chi connectivity index (χ4n) is 4.48. The van der Waals surface area contributed by atoms with Crippen molar-refractivity contribution in [1.29, 1.82) is 0 Å². The molecule has 0 spiro atoms. The largest absolute Gasteiger partial charge is 0.467 e. The van der Waals surface area contributed by atoms with Crippen LogP contribution < -0.4 is 5.32 Å². The molecule has 6 nitrogen and oxygen atoms in total. The first-order chi connectivity index (χ1) is 13.0. The molecule has 4 rings (SSSR count). The van der Waals surface area contributed by atoms with Crippen molar-refractivity contribution < 1.29 is 19.1 Å². The molecule has 2 aromatic rings. The van der Waals surface area contributed by atoms with E-state index >= 15 is 0 Å². The van der Waals surface area contributed by atoms with E-state index in [0.717, 1.165) is 22.4 Å². The molecule has 2 aliphatic rings. The third-order valence-electron chi connectivity index (χ3n) is 5.72. The van der Waals surface area contributed by atoms with E-state index in [2.05, 4.69) is 35.6 Å². The van der Waals surface area contributed by atoms with Crippen LogP contribution in [-0.4, -0.2) is 43.4 Å². The van der Waals surface area contributed by atoms with Crippen molar-refractivity contribution in [2.24, 2.45) is 0 Å². The van der Waals surface area contributed by atoms with Crippen LogP contribution >= 0.6 is 0 Å². The monoisotopic (exact) mass is 366 g/mol. The number of rotatable bonds is 2. The van der Waals surface area contributed by atoms with Crippen LogP contribution in [0.5, 0.6) is 0 Å². The average Bonchev–Trinajstić information content (AvgIpc) is 3.19. The van der Waals surface area contributed by atoms with E-state index in [1.165, 1.54) is 19.1 Å². The second kappa shape index (κ2) is 6.30. The maximum atomic E-state index is 12.6. The SMILES string of the molecule is COC(=O)[C@@H]1C[C@@]2(c3ccc(C)cc3)c3ccccc3N[C@H]2N1C(=O)OC. The number of anilines is 1. The van der Waals surface area contributed by atoms with Crippen molar-refractivity contribution in [2.75, 3.05) is 19.5 Å². The molecule has 0 saturated carbocycles. The highest BCUT2D eigenvalue weighted by atomic mass is 16.5. The summed E-state index contributed by atoms with van der Waals surface area (Å²) in [6.45, 7) is 2.03. The predicted molar refractivity (Wildman–Crippen MR) is 100 cm³/mol. The number of aryl methyl sites for hydroxylation is 1. The zero-order chi connectivity index (χ0) is 19.2. The number of likely N-dealkylation sites (tertiary alicyclic amines) is 1. The fraction of sp³-hybridized carbons (Fsp3) is 0.333. The standard InChI is InChI=1S/C21H22N2O4/c1-13-8-10-14(11-9-13)21-12-17(18(24)26-2)23(20(25)27-3)19(21)22-16-7-5-4-6-15(16)21/h4-11,17,19,22H,12H2,1-3H3/t17-,19-,21+/m0/s1. The molecule has 0 radical (unpaired) electrons. The first-order valence-electron chi connectivity index (χ1n) is 8.90. The van der Waals surface area contributed by atoms with Crippen LogP contribution in [0.2, 0.25) is 0 Å². The minimum Gasteiger partial charge on any atom is -0.467 e. The summed E-state index contributed by atoms with van der Waals surface area (Å²) in [6, 6.07) is 15.5. The van der Waals surface area contributed by atoms with Crippen molar-refractivity contribution in [3.63, 3.8) is 0 Å². The summed E-state index contributed by atoms with van der Waals surface area (Å²) in [5, 5.41) is 3.44. The van der Waals surface area contributed by atoms with Crippen LogP contribution in [0.25, 0.3) is 0 Å². The van der Waals surface area contributed by atoms with E-state index in [9.17, 15) is 9.59 Å². The number of ether oxygens (including phenoxy) is 2. The van der Waals surface area contributed by atoms with E-state index in [0.29, 0.717) is 6.42 Å². The fourth-order valence-corrected chi connectivity index (χ4v) is 4.48. The first kappa shape index (κ1) is 17.4. The van der Waals surface area contributed by atoms with Gasteiger partial charge >= 0.3 is 12.1 Å². The van der Waals surface area contributed by atoms with E-state index < -0.39 is 29.7 Å². The van der Waals surface area contributed by atoms with Gasteiger partial charge in [-0.1, -0.05) is 48.0 Å². The third-order valence-corrected chi connectivity index (χ3v) is 5.72. The summed E-state index contributed by atoms with van der Waals surface area (Å²) < 4.78 is 10.0. The second-order valence-corrected chi connectivity index (χ2v) is 7.05. The zero-order valence-electron chi connectivity index (χ0n) is 15.6. The minimum atomic E-state index is -0.727.